The fourth-order valence-corrected chi connectivity index (χ4v) is 8.27. The summed E-state index contributed by atoms with van der Waals surface area (Å²) >= 11 is 0. The van der Waals surface area contributed by atoms with Gasteiger partial charge in [0.25, 0.3) is 11.7 Å². The van der Waals surface area contributed by atoms with Crippen molar-refractivity contribution in [3.8, 4) is 5.75 Å². The molecule has 2 amide bonds. The van der Waals surface area contributed by atoms with Gasteiger partial charge in [0.2, 0.25) is 5.91 Å². The molecule has 3 aliphatic rings. The Morgan fingerprint density at radius 3 is 2.16 bits per heavy atom. The predicted molar refractivity (Wildman–Crippen MR) is 237 cm³/mol. The van der Waals surface area contributed by atoms with Crippen molar-refractivity contribution in [1.82, 2.24) is 15.6 Å². The summed E-state index contributed by atoms with van der Waals surface area (Å²) in [6.45, 7) is -1.10. The average molecular weight is 1010 g/mol. The van der Waals surface area contributed by atoms with E-state index in [-0.39, 0.29) is 28.3 Å². The van der Waals surface area contributed by atoms with E-state index in [1.165, 1.54) is 32.4 Å². The first-order chi connectivity index (χ1) is 33.3. The molecule has 0 saturated carbocycles. The maximum absolute atomic E-state index is 13.2. The Bertz CT molecular complexity index is 2060. The molecule has 3 aliphatic heterocycles. The van der Waals surface area contributed by atoms with Gasteiger partial charge >= 0.3 is 11.9 Å². The number of phenols is 1. The number of aromatic amines is 1. The largest absolute Gasteiger partial charge is 0.506 e. The van der Waals surface area contributed by atoms with Gasteiger partial charge in [-0.1, -0.05) is 31.7 Å². The number of aromatic nitrogens is 1. The smallest absolute Gasteiger partial charge is 0.364 e. The fourth-order valence-electron chi connectivity index (χ4n) is 8.27. The highest BCUT2D eigenvalue weighted by molar-refractivity contribution is 5.96. The van der Waals surface area contributed by atoms with Crippen molar-refractivity contribution in [3.63, 3.8) is 0 Å². The standard InChI is InChI=1S/C27H38N2O10.C17H29NO13/c1-36-21(33)12-7-5-3-4-6-8-13-38-27-23(25(37-2)24(34)20(15-30)39-27)29-26(35)17-14-19(32)16-10-9-11-18(31)22(16)28-17;1-6(21)18-11-7(22)2-17(16(27)28,31-15(11)12(25)8(23)3-19)30-14-9(24)5-29-10(4-20)13(14)26/h9-11,14,20,23-25,27,30-31,34H,3-8,12-13,15H2,1-2H3,(H,28,32)(H,29,35);7-15,19-20,22-26H,2-5H2,1H3,(H,18,21)(H,27,28)/t20?,23?,24-,25?,27-;7?,8-,9?,10?,11-,12-,13+,14?,15?,17-/m11/s1. The first-order valence-corrected chi connectivity index (χ1v) is 22.7. The number of carbonyl (C=O) groups is 4. The summed E-state index contributed by atoms with van der Waals surface area (Å²) in [6, 6.07) is 3.22. The van der Waals surface area contributed by atoms with Gasteiger partial charge in [-0.05, 0) is 25.0 Å². The lowest BCUT2D eigenvalue weighted by atomic mass is 9.88. The van der Waals surface area contributed by atoms with E-state index in [2.05, 4.69) is 20.4 Å². The quantitative estimate of drug-likeness (QED) is 0.0395. The Kier molecular flexibility index (Phi) is 22.7. The molecule has 0 bridgehead atoms. The summed E-state index contributed by atoms with van der Waals surface area (Å²) in [5.74, 6) is -6.27. The second-order valence-corrected chi connectivity index (χ2v) is 17.1. The lowest BCUT2D eigenvalue weighted by Crippen LogP contribution is -2.69. The van der Waals surface area contributed by atoms with Crippen LogP contribution in [0.4, 0.5) is 0 Å². The molecule has 1 aromatic carbocycles. The van der Waals surface area contributed by atoms with E-state index in [0.29, 0.717) is 19.4 Å². The number of rotatable bonds is 22. The molecule has 14 N–H and O–H groups in total. The van der Waals surface area contributed by atoms with Gasteiger partial charge in [-0.3, -0.25) is 19.2 Å². The minimum Gasteiger partial charge on any atom is -0.506 e. The van der Waals surface area contributed by atoms with E-state index in [1.807, 2.05) is 0 Å². The molecule has 15 atom stereocenters. The number of para-hydroxylation sites is 1. The van der Waals surface area contributed by atoms with Crippen molar-refractivity contribution in [2.45, 2.75) is 150 Å². The molecule has 2 aromatic rings. The number of amides is 2. The Morgan fingerprint density at radius 2 is 1.54 bits per heavy atom. The van der Waals surface area contributed by atoms with E-state index in [0.717, 1.165) is 45.1 Å². The third-order valence-corrected chi connectivity index (χ3v) is 12.1. The van der Waals surface area contributed by atoms with Gasteiger partial charge in [-0.15, -0.1) is 0 Å². The van der Waals surface area contributed by atoms with Gasteiger partial charge in [-0.2, -0.15) is 0 Å². The number of aliphatic carboxylic acids is 1. The van der Waals surface area contributed by atoms with Crippen molar-refractivity contribution >= 4 is 34.7 Å². The SMILES string of the molecule is CC(=O)N[C@@H]1C(O)C[C@](OC2C(O)COC(CO)[C@@H]2O)(C(=O)O)OC1[C@H](O)[C@H](O)CO.COC(=O)CCCCCCCCO[C@@H]1OC(CO)[C@@H](O)C(OC)C1NC(=O)c1cc(=O)c2cccc(O)c2[nH]1. The van der Waals surface area contributed by atoms with Crippen LogP contribution in [-0.2, 0) is 47.5 Å². The number of esters is 1. The molecule has 8 unspecified atom stereocenters. The molecular formula is C44H67N3O23. The molecule has 396 valence electrons. The lowest BCUT2D eigenvalue weighted by molar-refractivity contribution is -0.347. The number of nitrogens with one attached hydrogen (secondary N) is 3. The number of hydrogen-bond donors (Lipinski definition) is 14. The number of aromatic hydroxyl groups is 1. The van der Waals surface area contributed by atoms with Gasteiger partial charge in [-0.25, -0.2) is 4.79 Å². The van der Waals surface area contributed by atoms with Crippen LogP contribution in [0.2, 0.25) is 0 Å². The highest BCUT2D eigenvalue weighted by Gasteiger charge is 2.58. The zero-order chi connectivity index (χ0) is 51.9. The van der Waals surface area contributed by atoms with Crippen LogP contribution >= 0.6 is 0 Å². The molecular weight excluding hydrogens is 938 g/mol. The number of H-pyrrole nitrogens is 1. The third-order valence-electron chi connectivity index (χ3n) is 12.1. The number of carboxylic acids is 1. The van der Waals surface area contributed by atoms with E-state index in [9.17, 15) is 75.0 Å². The number of ether oxygens (including phenoxy) is 7. The Balaban J connectivity index is 0.000000313. The number of carbonyl (C=O) groups excluding carboxylic acids is 3. The number of phenolic OH excluding ortho intramolecular Hbond substituents is 1. The molecule has 3 saturated heterocycles. The number of aliphatic hydroxyl groups is 9. The van der Waals surface area contributed by atoms with Gasteiger partial charge in [0.1, 0.15) is 78.5 Å². The Morgan fingerprint density at radius 1 is 0.886 bits per heavy atom. The summed E-state index contributed by atoms with van der Waals surface area (Å²) < 4.78 is 37.6. The maximum atomic E-state index is 13.2. The van der Waals surface area contributed by atoms with Crippen LogP contribution in [0.3, 0.4) is 0 Å². The van der Waals surface area contributed by atoms with E-state index < -0.39 is 147 Å². The third kappa shape index (κ3) is 14.8. The summed E-state index contributed by atoms with van der Waals surface area (Å²) in [4.78, 5) is 63.2. The molecule has 26 nitrogen and oxygen atoms in total. The minimum atomic E-state index is -2.74. The molecule has 4 heterocycles. The molecule has 26 heteroatoms. The topological polar surface area (TPSA) is 412 Å². The first kappa shape index (κ1) is 58.1. The lowest BCUT2D eigenvalue weighted by Gasteiger charge is -2.49. The highest BCUT2D eigenvalue weighted by atomic mass is 16.7. The number of hydrogen-bond acceptors (Lipinski definition) is 22. The normalized spacial score (nSPS) is 30.9. The summed E-state index contributed by atoms with van der Waals surface area (Å²) in [6.07, 6.45) is -12.7. The summed E-state index contributed by atoms with van der Waals surface area (Å²) in [5.41, 5.74) is -0.433. The number of pyridine rings is 1. The Hall–Kier alpha value is -4.49. The van der Waals surface area contributed by atoms with Crippen LogP contribution in [0.1, 0.15) is 68.8 Å². The van der Waals surface area contributed by atoms with Gasteiger partial charge < -0.3 is 105 Å². The van der Waals surface area contributed by atoms with Crippen LogP contribution in [0, 0.1) is 0 Å². The van der Waals surface area contributed by atoms with Crippen LogP contribution in [0.25, 0.3) is 10.9 Å². The van der Waals surface area contributed by atoms with Crippen molar-refractivity contribution in [2.75, 3.05) is 47.3 Å². The van der Waals surface area contributed by atoms with E-state index in [4.69, 9.17) is 33.5 Å². The zero-order valence-corrected chi connectivity index (χ0v) is 38.9. The number of aliphatic hydroxyl groups excluding tert-OH is 9. The predicted octanol–water partition coefficient (Wildman–Crippen LogP) is -4.02. The maximum Gasteiger partial charge on any atom is 0.364 e. The molecule has 0 spiro atoms. The molecule has 5 rings (SSSR count). The van der Waals surface area contributed by atoms with Crippen LogP contribution in [-0.4, -0.2) is 223 Å². The van der Waals surface area contributed by atoms with Crippen molar-refractivity contribution in [3.05, 3.63) is 40.2 Å². The number of carboxylic acid groups (broad SMARTS) is 1. The average Bonchev–Trinajstić information content (AvgIpc) is 3.33. The Labute approximate surface area is 401 Å². The van der Waals surface area contributed by atoms with E-state index in [1.54, 1.807) is 0 Å². The number of benzene rings is 1. The van der Waals surface area contributed by atoms with Crippen molar-refractivity contribution in [1.29, 1.82) is 0 Å². The highest BCUT2D eigenvalue weighted by Crippen LogP contribution is 2.37. The van der Waals surface area contributed by atoms with Gasteiger partial charge in [0, 0.05) is 44.9 Å². The van der Waals surface area contributed by atoms with Crippen LogP contribution < -0.4 is 16.1 Å². The minimum absolute atomic E-state index is 0.103. The summed E-state index contributed by atoms with van der Waals surface area (Å²) in [7, 11) is 2.74. The molecule has 3 fully saturated rings. The number of fused-ring (bicyclic) bond motifs is 1. The van der Waals surface area contributed by atoms with Gasteiger partial charge in [0.05, 0.1) is 51.2 Å². The first-order valence-electron chi connectivity index (χ1n) is 22.7. The molecule has 70 heavy (non-hydrogen) atoms. The molecule has 1 aromatic heterocycles. The molecule has 0 radical (unpaired) electrons. The fraction of sp³-hybridized carbons (Fsp3) is 0.705. The number of methoxy groups -OCH3 is 2. The van der Waals surface area contributed by atoms with Crippen molar-refractivity contribution < 1.29 is 109 Å². The van der Waals surface area contributed by atoms with Gasteiger partial charge in [0.15, 0.2) is 11.7 Å². The van der Waals surface area contributed by atoms with E-state index >= 15 is 0 Å². The number of unbranched alkanes of at least 4 members (excludes halogenated alkanes) is 5. The second kappa shape index (κ2) is 27.4. The zero-order valence-electron chi connectivity index (χ0n) is 38.9. The van der Waals surface area contributed by atoms with Crippen molar-refractivity contribution in [2.24, 2.45) is 0 Å². The monoisotopic (exact) mass is 1010 g/mol. The van der Waals surface area contributed by atoms with Crippen LogP contribution in [0.15, 0.2) is 29.1 Å². The molecule has 0 aliphatic carbocycles. The van der Waals surface area contributed by atoms with Crippen LogP contribution in [0.5, 0.6) is 5.75 Å². The summed E-state index contributed by atoms with van der Waals surface area (Å²) in [5, 5.41) is 115. The second-order valence-electron chi connectivity index (χ2n) is 17.1.